The second kappa shape index (κ2) is 12.1. The van der Waals surface area contributed by atoms with Gasteiger partial charge in [-0.1, -0.05) is 124 Å². The van der Waals surface area contributed by atoms with Gasteiger partial charge in [-0.3, -0.25) is 14.4 Å². The Labute approximate surface area is 299 Å². The van der Waals surface area contributed by atoms with Gasteiger partial charge in [0.1, 0.15) is 17.3 Å². The lowest BCUT2D eigenvalue weighted by Crippen LogP contribution is -2.66. The van der Waals surface area contributed by atoms with Crippen LogP contribution in [-0.4, -0.2) is 57.4 Å². The molecule has 4 aliphatic rings. The van der Waals surface area contributed by atoms with E-state index in [4.69, 9.17) is 14.2 Å². The van der Waals surface area contributed by atoms with E-state index < -0.39 is 75.3 Å². The van der Waals surface area contributed by atoms with Gasteiger partial charge in [-0.25, -0.2) is 0 Å². The van der Waals surface area contributed by atoms with Gasteiger partial charge in [0.2, 0.25) is 0 Å². The van der Waals surface area contributed by atoms with E-state index in [0.717, 1.165) is 16.7 Å². The molecule has 4 aliphatic carbocycles. The molecular formula is C43H46O8. The molecule has 0 saturated heterocycles. The molecule has 8 heteroatoms. The molecule has 0 amide bonds. The van der Waals surface area contributed by atoms with Gasteiger partial charge >= 0.3 is 11.9 Å². The molecule has 0 aromatic heterocycles. The molecule has 0 heterocycles. The Hall–Kier alpha value is -4.37. The summed E-state index contributed by atoms with van der Waals surface area (Å²) in [6, 6.07) is 29.8. The number of benzene rings is 3. The number of carbonyl (C=O) groups excluding carboxylic acids is 3. The zero-order chi connectivity index (χ0) is 36.6. The van der Waals surface area contributed by atoms with E-state index in [1.807, 2.05) is 111 Å². The van der Waals surface area contributed by atoms with E-state index >= 15 is 0 Å². The Morgan fingerprint density at radius 3 is 1.80 bits per heavy atom. The molecule has 8 unspecified atom stereocenters. The Kier molecular flexibility index (Phi) is 8.32. The highest BCUT2D eigenvalue weighted by atomic mass is 16.6. The first-order valence-corrected chi connectivity index (χ1v) is 17.7. The normalized spacial score (nSPS) is 33.4. The molecule has 2 N–H and O–H groups in total. The first-order valence-electron chi connectivity index (χ1n) is 17.7. The molecular weight excluding hydrogens is 644 g/mol. The monoisotopic (exact) mass is 690 g/mol. The third-order valence-corrected chi connectivity index (χ3v) is 12.4. The second-order valence-electron chi connectivity index (χ2n) is 15.5. The summed E-state index contributed by atoms with van der Waals surface area (Å²) >= 11 is 0. The Bertz CT molecular complexity index is 1820. The number of Topliss-reactive ketones (excluding diaryl/α,β-unsaturated/α-hetero) is 1. The molecule has 0 radical (unpaired) electrons. The minimum atomic E-state index is -1.99. The van der Waals surface area contributed by atoms with Gasteiger partial charge in [-0.2, -0.15) is 0 Å². The van der Waals surface area contributed by atoms with Gasteiger partial charge in [0.05, 0.1) is 12.2 Å². The fourth-order valence-electron chi connectivity index (χ4n) is 10.2. The summed E-state index contributed by atoms with van der Waals surface area (Å²) in [4.78, 5) is 39.3. The third kappa shape index (κ3) is 4.94. The van der Waals surface area contributed by atoms with Crippen molar-refractivity contribution in [1.82, 2.24) is 0 Å². The van der Waals surface area contributed by atoms with E-state index in [0.29, 0.717) is 11.1 Å². The average molecular weight is 691 g/mol. The summed E-state index contributed by atoms with van der Waals surface area (Å²) in [5, 5.41) is 25.7. The Morgan fingerprint density at radius 1 is 0.824 bits per heavy atom. The van der Waals surface area contributed by atoms with Gasteiger partial charge in [-0.15, -0.1) is 0 Å². The van der Waals surface area contributed by atoms with Crippen LogP contribution in [0, 0.1) is 29.1 Å². The molecule has 0 aliphatic heterocycles. The average Bonchev–Trinajstić information content (AvgIpc) is 3.53. The molecule has 2 fully saturated rings. The van der Waals surface area contributed by atoms with Crippen LogP contribution in [0.2, 0.25) is 0 Å². The lowest BCUT2D eigenvalue weighted by atomic mass is 9.59. The van der Waals surface area contributed by atoms with Gasteiger partial charge in [-0.05, 0) is 34.8 Å². The minimum absolute atomic E-state index is 0.00207. The van der Waals surface area contributed by atoms with Crippen LogP contribution in [0.15, 0.2) is 114 Å². The zero-order valence-electron chi connectivity index (χ0n) is 30.0. The van der Waals surface area contributed by atoms with Crippen LogP contribution in [0.1, 0.15) is 64.7 Å². The number of ketones is 1. The number of rotatable bonds is 8. The summed E-state index contributed by atoms with van der Waals surface area (Å²) in [7, 11) is 0. The van der Waals surface area contributed by atoms with Gasteiger partial charge < -0.3 is 24.4 Å². The Balaban J connectivity index is 1.41. The van der Waals surface area contributed by atoms with Crippen LogP contribution in [0.3, 0.4) is 0 Å². The molecule has 8 atom stereocenters. The maximum absolute atomic E-state index is 14.0. The van der Waals surface area contributed by atoms with Crippen LogP contribution in [0.25, 0.3) is 0 Å². The number of fused-ring (bicyclic) bond motifs is 5. The van der Waals surface area contributed by atoms with Crippen LogP contribution in [-0.2, 0) is 34.2 Å². The number of hydrogen-bond acceptors (Lipinski definition) is 8. The van der Waals surface area contributed by atoms with E-state index in [1.54, 1.807) is 19.9 Å². The smallest absolute Gasteiger partial charge is 0.303 e. The van der Waals surface area contributed by atoms with E-state index in [1.165, 1.54) is 13.8 Å². The van der Waals surface area contributed by atoms with Crippen molar-refractivity contribution in [2.24, 2.45) is 29.1 Å². The molecule has 51 heavy (non-hydrogen) atoms. The quantitative estimate of drug-likeness (QED) is 0.166. The molecule has 2 saturated carbocycles. The highest BCUT2D eigenvalue weighted by Gasteiger charge is 2.87. The molecule has 7 rings (SSSR count). The number of ether oxygens (including phenoxy) is 3. The van der Waals surface area contributed by atoms with Crippen molar-refractivity contribution in [3.8, 4) is 0 Å². The maximum atomic E-state index is 14.0. The standard InChI is InChI=1S/C43H46O8/c1-26-22-35-40(47,37(26)46)24-30(23-34-36-39(5,6)43(36,51-29(4)45)38(50-28(3)44)27(2)41(34,35)48)25-49-42(31-16-10-7-11-17-31,32-18-12-8-13-19-32)33-20-14-9-15-21-33/h7-23,27,34-36,38,47-48H,24-25H2,1-6H3. The first-order chi connectivity index (χ1) is 24.2. The summed E-state index contributed by atoms with van der Waals surface area (Å²) in [5.74, 6) is -4.66. The van der Waals surface area contributed by atoms with Crippen LogP contribution in [0.4, 0.5) is 0 Å². The SMILES string of the molecule is CC(=O)OC1C(C)C2(O)C(C=C(COC(c3ccccc3)(c3ccccc3)c3ccccc3)CC3(O)C(=O)C(C)=CC32)C2C(C)(C)C12OC(C)=O. The first kappa shape index (κ1) is 35.1. The van der Waals surface area contributed by atoms with E-state index in [9.17, 15) is 24.6 Å². The van der Waals surface area contributed by atoms with Gasteiger partial charge in [0, 0.05) is 49.4 Å². The summed E-state index contributed by atoms with van der Waals surface area (Å²) < 4.78 is 19.3. The highest BCUT2D eigenvalue weighted by molar-refractivity contribution is 6.04. The molecule has 3 aromatic rings. The number of hydrogen-bond donors (Lipinski definition) is 2. The predicted molar refractivity (Wildman–Crippen MR) is 190 cm³/mol. The van der Waals surface area contributed by atoms with Crippen molar-refractivity contribution < 1.29 is 38.8 Å². The fourth-order valence-corrected chi connectivity index (χ4v) is 10.2. The van der Waals surface area contributed by atoms with Crippen molar-refractivity contribution in [3.63, 3.8) is 0 Å². The van der Waals surface area contributed by atoms with Gasteiger partial charge in [0.25, 0.3) is 0 Å². The minimum Gasteiger partial charge on any atom is -0.458 e. The van der Waals surface area contributed by atoms with Crippen molar-refractivity contribution in [1.29, 1.82) is 0 Å². The number of esters is 2. The Morgan fingerprint density at radius 2 is 1.33 bits per heavy atom. The van der Waals surface area contributed by atoms with Crippen LogP contribution >= 0.6 is 0 Å². The van der Waals surface area contributed by atoms with Crippen molar-refractivity contribution >= 4 is 17.7 Å². The number of carbonyl (C=O) groups is 3. The van der Waals surface area contributed by atoms with Gasteiger partial charge in [0.15, 0.2) is 11.4 Å². The van der Waals surface area contributed by atoms with Crippen molar-refractivity contribution in [2.45, 2.75) is 76.5 Å². The van der Waals surface area contributed by atoms with Crippen LogP contribution < -0.4 is 0 Å². The lowest BCUT2D eigenvalue weighted by molar-refractivity contribution is -0.227. The third-order valence-electron chi connectivity index (χ3n) is 12.4. The fraction of sp³-hybridized carbons (Fsp3) is 0.419. The van der Waals surface area contributed by atoms with E-state index in [-0.39, 0.29) is 13.0 Å². The van der Waals surface area contributed by atoms with E-state index in [2.05, 4.69) is 0 Å². The largest absolute Gasteiger partial charge is 0.458 e. The number of aliphatic hydroxyl groups is 2. The summed E-state index contributed by atoms with van der Waals surface area (Å²) in [5.41, 5.74) is -3.15. The predicted octanol–water partition coefficient (Wildman–Crippen LogP) is 6.09. The molecule has 266 valence electrons. The molecule has 3 aromatic carbocycles. The molecule has 8 nitrogen and oxygen atoms in total. The van der Waals surface area contributed by atoms with Crippen molar-refractivity contribution in [3.05, 3.63) is 131 Å². The molecule has 0 bridgehead atoms. The maximum Gasteiger partial charge on any atom is 0.303 e. The summed E-state index contributed by atoms with van der Waals surface area (Å²) in [6.07, 6.45) is 2.50. The highest BCUT2D eigenvalue weighted by Crippen LogP contribution is 2.77. The molecule has 0 spiro atoms. The topological polar surface area (TPSA) is 119 Å². The van der Waals surface area contributed by atoms with Crippen molar-refractivity contribution in [2.75, 3.05) is 6.61 Å². The lowest BCUT2D eigenvalue weighted by Gasteiger charge is -2.53. The summed E-state index contributed by atoms with van der Waals surface area (Å²) in [6.45, 7) is 9.92. The van der Waals surface area contributed by atoms with Crippen LogP contribution in [0.5, 0.6) is 0 Å². The second-order valence-corrected chi connectivity index (χ2v) is 15.5. The zero-order valence-corrected chi connectivity index (χ0v) is 30.0.